The molecule has 2 fully saturated rings. The third-order valence-electron chi connectivity index (χ3n) is 4.28. The van der Waals surface area contributed by atoms with Crippen molar-refractivity contribution >= 4 is 5.91 Å². The quantitative estimate of drug-likeness (QED) is 0.880. The van der Waals surface area contributed by atoms with Crippen LogP contribution in [0.25, 0.3) is 0 Å². The monoisotopic (exact) mass is 314 g/mol. The third-order valence-corrected chi connectivity index (χ3v) is 4.28. The van der Waals surface area contributed by atoms with Gasteiger partial charge in [-0.15, -0.1) is 0 Å². The molecule has 0 aromatic carbocycles. The molecule has 8 heteroatoms. The largest absolute Gasteiger partial charge is 0.380 e. The lowest BCUT2D eigenvalue weighted by Gasteiger charge is -2.45. The highest BCUT2D eigenvalue weighted by atomic mass is 19.3. The molecule has 0 saturated carbocycles. The molecule has 1 amide bonds. The Hall–Kier alpha value is -1.54. The fraction of sp³-hybridized carbons (Fsp3) is 0.714. The molecule has 0 unspecified atom stereocenters. The van der Waals surface area contributed by atoms with E-state index in [1.807, 2.05) is 6.92 Å². The van der Waals surface area contributed by atoms with Gasteiger partial charge in [0.1, 0.15) is 5.69 Å². The first kappa shape index (κ1) is 15.4. The number of nitrogens with one attached hydrogen (secondary N) is 1. The predicted molar refractivity (Wildman–Crippen MR) is 74.8 cm³/mol. The summed E-state index contributed by atoms with van der Waals surface area (Å²) in [6.07, 6.45) is 1.35. The summed E-state index contributed by atoms with van der Waals surface area (Å²) in [6, 6.07) is 1.31. The van der Waals surface area contributed by atoms with Gasteiger partial charge in [-0.1, -0.05) is 0 Å². The van der Waals surface area contributed by atoms with E-state index in [9.17, 15) is 13.6 Å². The first-order chi connectivity index (χ1) is 10.5. The van der Waals surface area contributed by atoms with Crippen LogP contribution in [0.4, 0.5) is 8.78 Å². The van der Waals surface area contributed by atoms with Gasteiger partial charge in [0.2, 0.25) is 0 Å². The number of amides is 1. The second-order valence-corrected chi connectivity index (χ2v) is 5.88. The fourth-order valence-corrected chi connectivity index (χ4v) is 3.13. The van der Waals surface area contributed by atoms with E-state index in [0.29, 0.717) is 32.0 Å². The van der Waals surface area contributed by atoms with E-state index in [1.165, 1.54) is 6.20 Å². The average molecular weight is 314 g/mol. The third kappa shape index (κ3) is 2.98. The van der Waals surface area contributed by atoms with Crippen molar-refractivity contribution in [2.24, 2.45) is 0 Å². The molecule has 0 bridgehead atoms. The van der Waals surface area contributed by atoms with Crippen molar-refractivity contribution in [3.05, 3.63) is 18.0 Å². The zero-order valence-corrected chi connectivity index (χ0v) is 12.5. The van der Waals surface area contributed by atoms with Crippen LogP contribution >= 0.6 is 0 Å². The van der Waals surface area contributed by atoms with Crippen molar-refractivity contribution in [3.8, 4) is 0 Å². The van der Waals surface area contributed by atoms with E-state index in [0.717, 1.165) is 0 Å². The van der Waals surface area contributed by atoms with Gasteiger partial charge in [-0.3, -0.25) is 14.8 Å². The van der Waals surface area contributed by atoms with Gasteiger partial charge in [0.25, 0.3) is 11.8 Å². The fourth-order valence-electron chi connectivity index (χ4n) is 3.13. The Morgan fingerprint density at radius 1 is 1.55 bits per heavy atom. The van der Waals surface area contributed by atoms with Crippen LogP contribution in [-0.4, -0.2) is 76.8 Å². The highest BCUT2D eigenvalue weighted by molar-refractivity contribution is 5.92. The molecule has 1 aromatic heterocycles. The van der Waals surface area contributed by atoms with Gasteiger partial charge in [0.15, 0.2) is 0 Å². The number of halogens is 2. The number of hydrogen-bond donors (Lipinski definition) is 1. The average Bonchev–Trinajstić information content (AvgIpc) is 3.02. The zero-order valence-electron chi connectivity index (χ0n) is 12.5. The Kier molecular flexibility index (Phi) is 4.14. The molecular formula is C14H20F2N4O2. The minimum atomic E-state index is -2.67. The summed E-state index contributed by atoms with van der Waals surface area (Å²) in [7, 11) is 0. The first-order valence-corrected chi connectivity index (χ1v) is 7.50. The summed E-state index contributed by atoms with van der Waals surface area (Å²) in [5.41, 5.74) is 0.427. The maximum atomic E-state index is 13.7. The molecule has 0 radical (unpaired) electrons. The summed E-state index contributed by atoms with van der Waals surface area (Å²) >= 11 is 0. The lowest BCUT2D eigenvalue weighted by Crippen LogP contribution is -2.62. The standard InChI is InChI=1S/C14H20F2N4O2/c1-2-22-8-10-5-14(15,16)9-20(10)11-6-19(7-11)13(21)12-3-4-17-18-12/h3-4,10-11H,2,5-9H2,1H3,(H,17,18)/t10-/m0/s1. The van der Waals surface area contributed by atoms with Gasteiger partial charge in [-0.2, -0.15) is 5.10 Å². The summed E-state index contributed by atoms with van der Waals surface area (Å²) < 4.78 is 32.7. The molecule has 2 aliphatic heterocycles. The summed E-state index contributed by atoms with van der Waals surface area (Å²) in [5, 5.41) is 6.37. The molecule has 6 nitrogen and oxygen atoms in total. The molecule has 1 N–H and O–H groups in total. The van der Waals surface area contributed by atoms with Gasteiger partial charge < -0.3 is 9.64 Å². The van der Waals surface area contributed by atoms with Gasteiger partial charge in [-0.25, -0.2) is 8.78 Å². The number of aromatic amines is 1. The van der Waals surface area contributed by atoms with E-state index in [-0.39, 0.29) is 31.0 Å². The second kappa shape index (κ2) is 5.92. The predicted octanol–water partition coefficient (Wildman–Crippen LogP) is 0.980. The lowest BCUT2D eigenvalue weighted by molar-refractivity contribution is -0.0150. The molecule has 3 heterocycles. The molecule has 3 rings (SSSR count). The van der Waals surface area contributed by atoms with Gasteiger partial charge >= 0.3 is 0 Å². The van der Waals surface area contributed by atoms with Crippen LogP contribution in [0.3, 0.4) is 0 Å². The molecule has 22 heavy (non-hydrogen) atoms. The highest BCUT2D eigenvalue weighted by Gasteiger charge is 2.50. The van der Waals surface area contributed by atoms with Gasteiger partial charge in [-0.05, 0) is 13.0 Å². The van der Waals surface area contributed by atoms with Crippen molar-refractivity contribution in [2.75, 3.05) is 32.8 Å². The van der Waals surface area contributed by atoms with E-state index < -0.39 is 5.92 Å². The number of rotatable bonds is 5. The lowest BCUT2D eigenvalue weighted by atomic mass is 10.1. The normalized spacial score (nSPS) is 25.4. The maximum Gasteiger partial charge on any atom is 0.271 e. The number of carbonyl (C=O) groups is 1. The number of carbonyl (C=O) groups excluding carboxylic acids is 1. The molecule has 122 valence electrons. The van der Waals surface area contributed by atoms with Crippen molar-refractivity contribution in [1.82, 2.24) is 20.0 Å². The van der Waals surface area contributed by atoms with Crippen LogP contribution in [0.5, 0.6) is 0 Å². The molecule has 0 spiro atoms. The van der Waals surface area contributed by atoms with E-state index in [4.69, 9.17) is 4.74 Å². The Morgan fingerprint density at radius 2 is 2.32 bits per heavy atom. The Balaban J connectivity index is 1.57. The summed E-state index contributed by atoms with van der Waals surface area (Å²) in [6.45, 7) is 3.38. The molecule has 2 saturated heterocycles. The molecular weight excluding hydrogens is 294 g/mol. The van der Waals surface area contributed by atoms with E-state index >= 15 is 0 Å². The highest BCUT2D eigenvalue weighted by Crippen LogP contribution is 2.35. The molecule has 0 aliphatic carbocycles. The van der Waals surface area contributed by atoms with Crippen LogP contribution in [0.15, 0.2) is 12.3 Å². The van der Waals surface area contributed by atoms with Gasteiger partial charge in [0, 0.05) is 44.4 Å². The Labute approximate surface area is 127 Å². The van der Waals surface area contributed by atoms with Crippen molar-refractivity contribution < 1.29 is 18.3 Å². The number of alkyl halides is 2. The van der Waals surface area contributed by atoms with Crippen molar-refractivity contribution in [1.29, 1.82) is 0 Å². The Bertz CT molecular complexity index is 517. The number of likely N-dealkylation sites (tertiary alicyclic amines) is 2. The minimum Gasteiger partial charge on any atom is -0.380 e. The Morgan fingerprint density at radius 3 is 2.95 bits per heavy atom. The van der Waals surface area contributed by atoms with Gasteiger partial charge in [0.05, 0.1) is 13.2 Å². The van der Waals surface area contributed by atoms with E-state index in [2.05, 4.69) is 10.2 Å². The molecule has 1 atom stereocenters. The second-order valence-electron chi connectivity index (χ2n) is 5.88. The van der Waals surface area contributed by atoms with Crippen LogP contribution in [0.1, 0.15) is 23.8 Å². The molecule has 1 aromatic rings. The van der Waals surface area contributed by atoms with Crippen LogP contribution in [0, 0.1) is 0 Å². The SMILES string of the molecule is CCOC[C@@H]1CC(F)(F)CN1C1CN(C(=O)c2ccn[nH]2)C1. The number of aromatic nitrogens is 2. The molecule has 2 aliphatic rings. The zero-order chi connectivity index (χ0) is 15.7. The number of H-pyrrole nitrogens is 1. The van der Waals surface area contributed by atoms with Crippen molar-refractivity contribution in [3.63, 3.8) is 0 Å². The van der Waals surface area contributed by atoms with E-state index in [1.54, 1.807) is 15.9 Å². The minimum absolute atomic E-state index is 0.0225. The summed E-state index contributed by atoms with van der Waals surface area (Å²) in [4.78, 5) is 15.5. The smallest absolute Gasteiger partial charge is 0.271 e. The number of hydrogen-bond acceptors (Lipinski definition) is 4. The van der Waals surface area contributed by atoms with Crippen LogP contribution in [0.2, 0.25) is 0 Å². The first-order valence-electron chi connectivity index (χ1n) is 7.50. The van der Waals surface area contributed by atoms with Crippen molar-refractivity contribution in [2.45, 2.75) is 31.4 Å². The maximum absolute atomic E-state index is 13.7. The summed E-state index contributed by atoms with van der Waals surface area (Å²) in [5.74, 6) is -2.81. The van der Waals surface area contributed by atoms with Crippen LogP contribution < -0.4 is 0 Å². The number of ether oxygens (including phenoxy) is 1. The number of nitrogens with zero attached hydrogens (tertiary/aromatic N) is 3. The topological polar surface area (TPSA) is 61.5 Å². The van der Waals surface area contributed by atoms with Crippen LogP contribution in [-0.2, 0) is 4.74 Å².